The summed E-state index contributed by atoms with van der Waals surface area (Å²) in [5.74, 6) is 0.528. The topological polar surface area (TPSA) is 38.3 Å². The third-order valence-electron chi connectivity index (χ3n) is 1.82. The second kappa shape index (κ2) is 3.68. The molecule has 1 fully saturated rings. The van der Waals surface area contributed by atoms with Crippen molar-refractivity contribution in [1.82, 2.24) is 5.32 Å². The highest BCUT2D eigenvalue weighted by Gasteiger charge is 2.22. The number of carbonyl (C=O) groups is 1. The van der Waals surface area contributed by atoms with E-state index in [4.69, 9.17) is 4.74 Å². The molecule has 0 radical (unpaired) electrons. The van der Waals surface area contributed by atoms with E-state index in [0.29, 0.717) is 5.92 Å². The molecule has 1 rings (SSSR count). The molecule has 0 aromatic rings. The highest BCUT2D eigenvalue weighted by molar-refractivity contribution is 5.58. The molecule has 10 heavy (non-hydrogen) atoms. The molecule has 0 unspecified atom stereocenters. The van der Waals surface area contributed by atoms with E-state index in [1.807, 2.05) is 0 Å². The number of nitrogens with one attached hydrogen (secondary N) is 1. The summed E-state index contributed by atoms with van der Waals surface area (Å²) in [6.07, 6.45) is 1.90. The van der Waals surface area contributed by atoms with Crippen molar-refractivity contribution in [2.75, 3.05) is 20.3 Å². The van der Waals surface area contributed by atoms with Crippen molar-refractivity contribution >= 4 is 6.29 Å². The van der Waals surface area contributed by atoms with Crippen molar-refractivity contribution in [2.24, 2.45) is 5.92 Å². The van der Waals surface area contributed by atoms with Gasteiger partial charge in [-0.1, -0.05) is 0 Å². The van der Waals surface area contributed by atoms with Gasteiger partial charge in [0.05, 0.1) is 12.6 Å². The van der Waals surface area contributed by atoms with Gasteiger partial charge >= 0.3 is 0 Å². The van der Waals surface area contributed by atoms with Gasteiger partial charge in [0.2, 0.25) is 0 Å². The Kier molecular flexibility index (Phi) is 2.83. The SMILES string of the molecule is COC[C@@H]1CN[C@H](C=O)C1. The summed E-state index contributed by atoms with van der Waals surface area (Å²) >= 11 is 0. The van der Waals surface area contributed by atoms with Crippen LogP contribution in [0.3, 0.4) is 0 Å². The van der Waals surface area contributed by atoms with E-state index in [0.717, 1.165) is 25.9 Å². The lowest BCUT2D eigenvalue weighted by atomic mass is 10.1. The number of ether oxygens (including phenoxy) is 1. The van der Waals surface area contributed by atoms with E-state index < -0.39 is 0 Å². The average molecular weight is 143 g/mol. The minimum absolute atomic E-state index is 0.0696. The third-order valence-corrected chi connectivity index (χ3v) is 1.82. The highest BCUT2D eigenvalue weighted by atomic mass is 16.5. The van der Waals surface area contributed by atoms with Gasteiger partial charge in [-0.2, -0.15) is 0 Å². The Bertz CT molecular complexity index is 116. The third kappa shape index (κ3) is 1.78. The molecular weight excluding hydrogens is 130 g/mol. The van der Waals surface area contributed by atoms with Crippen molar-refractivity contribution in [3.63, 3.8) is 0 Å². The van der Waals surface area contributed by atoms with Gasteiger partial charge in [-0.25, -0.2) is 0 Å². The Balaban J connectivity index is 2.21. The largest absolute Gasteiger partial charge is 0.384 e. The summed E-state index contributed by atoms with van der Waals surface area (Å²) in [4.78, 5) is 10.3. The summed E-state index contributed by atoms with van der Waals surface area (Å²) in [5.41, 5.74) is 0. The number of rotatable bonds is 3. The van der Waals surface area contributed by atoms with Gasteiger partial charge in [0.25, 0.3) is 0 Å². The lowest BCUT2D eigenvalue weighted by molar-refractivity contribution is -0.109. The first-order chi connectivity index (χ1) is 4.86. The Morgan fingerprint density at radius 3 is 3.10 bits per heavy atom. The van der Waals surface area contributed by atoms with Crippen LogP contribution in [0.2, 0.25) is 0 Å². The zero-order chi connectivity index (χ0) is 7.40. The Hall–Kier alpha value is -0.410. The van der Waals surface area contributed by atoms with E-state index in [-0.39, 0.29) is 6.04 Å². The van der Waals surface area contributed by atoms with Gasteiger partial charge in [-0.15, -0.1) is 0 Å². The Morgan fingerprint density at radius 2 is 2.60 bits per heavy atom. The fourth-order valence-corrected chi connectivity index (χ4v) is 1.31. The van der Waals surface area contributed by atoms with Gasteiger partial charge in [-0.05, 0) is 12.3 Å². The minimum atomic E-state index is 0.0696. The van der Waals surface area contributed by atoms with Crippen LogP contribution in [0.5, 0.6) is 0 Å². The summed E-state index contributed by atoms with van der Waals surface area (Å²) < 4.78 is 4.96. The number of aldehydes is 1. The molecule has 0 spiro atoms. The van der Waals surface area contributed by atoms with Crippen molar-refractivity contribution in [1.29, 1.82) is 0 Å². The van der Waals surface area contributed by atoms with Crippen LogP contribution in [0.15, 0.2) is 0 Å². The molecule has 0 bridgehead atoms. The van der Waals surface area contributed by atoms with Gasteiger partial charge in [0.1, 0.15) is 6.29 Å². The Labute approximate surface area is 60.7 Å². The van der Waals surface area contributed by atoms with Crippen molar-refractivity contribution in [3.05, 3.63) is 0 Å². The van der Waals surface area contributed by atoms with Crippen LogP contribution in [0.1, 0.15) is 6.42 Å². The van der Waals surface area contributed by atoms with Crippen LogP contribution in [0.4, 0.5) is 0 Å². The van der Waals surface area contributed by atoms with Crippen LogP contribution in [-0.4, -0.2) is 32.6 Å². The maximum atomic E-state index is 10.3. The van der Waals surface area contributed by atoms with Crippen LogP contribution in [-0.2, 0) is 9.53 Å². The van der Waals surface area contributed by atoms with E-state index in [1.54, 1.807) is 7.11 Å². The lowest BCUT2D eigenvalue weighted by Crippen LogP contribution is -2.22. The second-order valence-corrected chi connectivity index (χ2v) is 2.71. The van der Waals surface area contributed by atoms with Crippen molar-refractivity contribution in [3.8, 4) is 0 Å². The Morgan fingerprint density at radius 1 is 1.80 bits per heavy atom. The molecule has 1 N–H and O–H groups in total. The molecule has 1 saturated heterocycles. The normalized spacial score (nSPS) is 32.5. The first-order valence-corrected chi connectivity index (χ1v) is 3.54. The quantitative estimate of drug-likeness (QED) is 0.556. The van der Waals surface area contributed by atoms with Crippen LogP contribution in [0.25, 0.3) is 0 Å². The van der Waals surface area contributed by atoms with Crippen molar-refractivity contribution in [2.45, 2.75) is 12.5 Å². The molecule has 3 nitrogen and oxygen atoms in total. The predicted molar refractivity (Wildman–Crippen MR) is 37.8 cm³/mol. The predicted octanol–water partition coefficient (Wildman–Crippen LogP) is -0.190. The first kappa shape index (κ1) is 7.69. The lowest BCUT2D eigenvalue weighted by Gasteiger charge is -2.04. The number of hydrogen-bond acceptors (Lipinski definition) is 3. The summed E-state index contributed by atoms with van der Waals surface area (Å²) in [6.45, 7) is 1.68. The monoisotopic (exact) mass is 143 g/mol. The van der Waals surface area contributed by atoms with E-state index >= 15 is 0 Å². The van der Waals surface area contributed by atoms with Gasteiger partial charge in [0, 0.05) is 13.7 Å². The molecule has 58 valence electrons. The fourth-order valence-electron chi connectivity index (χ4n) is 1.31. The standard InChI is InChI=1S/C7H13NO2/c1-10-5-6-2-7(4-9)8-3-6/h4,6-8H,2-3,5H2,1H3/t6-,7-/m0/s1. The summed E-state index contributed by atoms with van der Waals surface area (Å²) in [5, 5.41) is 3.09. The number of hydrogen-bond donors (Lipinski definition) is 1. The molecule has 2 atom stereocenters. The zero-order valence-corrected chi connectivity index (χ0v) is 6.17. The van der Waals surface area contributed by atoms with E-state index in [9.17, 15) is 4.79 Å². The van der Waals surface area contributed by atoms with Crippen LogP contribution < -0.4 is 5.32 Å². The molecule has 1 aliphatic rings. The highest BCUT2D eigenvalue weighted by Crippen LogP contribution is 2.11. The molecule has 0 aromatic heterocycles. The molecule has 1 aliphatic heterocycles. The summed E-state index contributed by atoms with van der Waals surface area (Å²) in [7, 11) is 1.69. The van der Waals surface area contributed by atoms with Gasteiger partial charge in [-0.3, -0.25) is 0 Å². The summed E-state index contributed by atoms with van der Waals surface area (Å²) in [6, 6.07) is 0.0696. The molecule has 0 amide bonds. The number of methoxy groups -OCH3 is 1. The fraction of sp³-hybridized carbons (Fsp3) is 0.857. The molecule has 0 saturated carbocycles. The van der Waals surface area contributed by atoms with Gasteiger partial charge < -0.3 is 14.8 Å². The molecule has 0 aromatic carbocycles. The van der Waals surface area contributed by atoms with E-state index in [1.165, 1.54) is 0 Å². The van der Waals surface area contributed by atoms with Crippen LogP contribution >= 0.6 is 0 Å². The maximum absolute atomic E-state index is 10.3. The molecule has 1 heterocycles. The van der Waals surface area contributed by atoms with Crippen molar-refractivity contribution < 1.29 is 9.53 Å². The van der Waals surface area contributed by atoms with Crippen LogP contribution in [0, 0.1) is 5.92 Å². The maximum Gasteiger partial charge on any atom is 0.136 e. The molecular formula is C7H13NO2. The van der Waals surface area contributed by atoms with E-state index in [2.05, 4.69) is 5.32 Å². The smallest absolute Gasteiger partial charge is 0.136 e. The second-order valence-electron chi connectivity index (χ2n) is 2.71. The number of carbonyl (C=O) groups excluding carboxylic acids is 1. The zero-order valence-electron chi connectivity index (χ0n) is 6.17. The average Bonchev–Trinajstić information content (AvgIpc) is 2.37. The van der Waals surface area contributed by atoms with Gasteiger partial charge in [0.15, 0.2) is 0 Å². The minimum Gasteiger partial charge on any atom is -0.384 e. The molecule has 3 heteroatoms. The molecule has 0 aliphatic carbocycles. The first-order valence-electron chi connectivity index (χ1n) is 3.54.